The minimum Gasteiger partial charge on any atom is -0.347 e. The van der Waals surface area contributed by atoms with Crippen LogP contribution in [0.5, 0.6) is 0 Å². The second kappa shape index (κ2) is 7.40. The van der Waals surface area contributed by atoms with Crippen LogP contribution in [0, 0.1) is 0 Å². The van der Waals surface area contributed by atoms with Crippen molar-refractivity contribution in [3.63, 3.8) is 0 Å². The standard InChI is InChI=1S/C23H23N3OS/c27-22(12-15-25-14-11-17-6-1-3-9-20(17)25)26-13-5-7-18(16-26)23-24-19-8-2-4-10-21(19)28-23/h1-4,6,8-11,14,18H,5,7,12-13,15-16H2/t18-/m1/s1. The van der Waals surface area contributed by atoms with E-state index in [1.54, 1.807) is 11.3 Å². The van der Waals surface area contributed by atoms with Crippen molar-refractivity contribution in [2.24, 2.45) is 0 Å². The number of para-hydroxylation sites is 2. The van der Waals surface area contributed by atoms with Crippen LogP contribution < -0.4 is 0 Å². The van der Waals surface area contributed by atoms with Crippen LogP contribution in [0.2, 0.25) is 0 Å². The molecule has 28 heavy (non-hydrogen) atoms. The zero-order valence-corrected chi connectivity index (χ0v) is 16.6. The first-order chi connectivity index (χ1) is 13.8. The number of likely N-dealkylation sites (tertiary alicyclic amines) is 1. The van der Waals surface area contributed by atoms with Gasteiger partial charge in [-0.3, -0.25) is 4.79 Å². The molecule has 5 rings (SSSR count). The first kappa shape index (κ1) is 17.4. The number of nitrogens with zero attached hydrogens (tertiary/aromatic N) is 3. The van der Waals surface area contributed by atoms with E-state index in [1.165, 1.54) is 20.6 Å². The zero-order valence-electron chi connectivity index (χ0n) is 15.8. The maximum atomic E-state index is 12.9. The number of carbonyl (C=O) groups excluding carboxylic acids is 1. The van der Waals surface area contributed by atoms with Crippen LogP contribution in [0.15, 0.2) is 60.8 Å². The minimum absolute atomic E-state index is 0.253. The van der Waals surface area contributed by atoms with Gasteiger partial charge in [-0.25, -0.2) is 4.98 Å². The Morgan fingerprint density at radius 3 is 2.89 bits per heavy atom. The summed E-state index contributed by atoms with van der Waals surface area (Å²) in [6.45, 7) is 2.40. The Hall–Kier alpha value is -2.66. The number of aryl methyl sites for hydroxylation is 1. The van der Waals surface area contributed by atoms with Crippen molar-refractivity contribution in [3.05, 3.63) is 65.8 Å². The number of rotatable bonds is 4. The third kappa shape index (κ3) is 3.31. The Kier molecular flexibility index (Phi) is 4.61. The topological polar surface area (TPSA) is 38.1 Å². The van der Waals surface area contributed by atoms with Crippen molar-refractivity contribution >= 4 is 38.4 Å². The van der Waals surface area contributed by atoms with Crippen LogP contribution in [0.4, 0.5) is 0 Å². The second-order valence-corrected chi connectivity index (χ2v) is 8.58. The number of fused-ring (bicyclic) bond motifs is 2. The van der Waals surface area contributed by atoms with E-state index in [9.17, 15) is 4.79 Å². The number of hydrogen-bond acceptors (Lipinski definition) is 3. The molecule has 1 fully saturated rings. The highest BCUT2D eigenvalue weighted by Crippen LogP contribution is 2.33. The smallest absolute Gasteiger partial charge is 0.224 e. The SMILES string of the molecule is O=C(CCn1ccc2ccccc21)N1CCC[C@@H](c2nc3ccccc3s2)C1. The lowest BCUT2D eigenvalue weighted by atomic mass is 9.98. The monoisotopic (exact) mass is 389 g/mol. The fourth-order valence-corrected chi connectivity index (χ4v) is 5.27. The molecule has 0 unspecified atom stereocenters. The first-order valence-corrected chi connectivity index (χ1v) is 10.8. The van der Waals surface area contributed by atoms with Gasteiger partial charge in [0.2, 0.25) is 5.91 Å². The van der Waals surface area contributed by atoms with E-state index in [-0.39, 0.29) is 5.91 Å². The largest absolute Gasteiger partial charge is 0.347 e. The highest BCUT2D eigenvalue weighted by Gasteiger charge is 2.26. The Bertz CT molecular complexity index is 1100. The molecule has 142 valence electrons. The van der Waals surface area contributed by atoms with Crippen LogP contribution in [-0.2, 0) is 11.3 Å². The van der Waals surface area contributed by atoms with Gasteiger partial charge in [-0.2, -0.15) is 0 Å². The van der Waals surface area contributed by atoms with E-state index in [0.29, 0.717) is 12.3 Å². The molecule has 4 nitrogen and oxygen atoms in total. The molecule has 5 heteroatoms. The highest BCUT2D eigenvalue weighted by molar-refractivity contribution is 7.18. The molecular weight excluding hydrogens is 366 g/mol. The average Bonchev–Trinajstić information content (AvgIpc) is 3.36. The normalized spacial score (nSPS) is 17.4. The number of thiazole rings is 1. The molecule has 1 aliphatic heterocycles. The number of benzene rings is 2. The molecule has 0 aliphatic carbocycles. The molecule has 0 radical (unpaired) electrons. The molecule has 1 aliphatic rings. The van der Waals surface area contributed by atoms with E-state index >= 15 is 0 Å². The van der Waals surface area contributed by atoms with Crippen LogP contribution in [-0.4, -0.2) is 33.4 Å². The number of piperidine rings is 1. The first-order valence-electron chi connectivity index (χ1n) is 9.95. The van der Waals surface area contributed by atoms with Gasteiger partial charge < -0.3 is 9.47 Å². The van der Waals surface area contributed by atoms with Crippen LogP contribution >= 0.6 is 11.3 Å². The van der Waals surface area contributed by atoms with E-state index in [1.807, 2.05) is 23.1 Å². The molecule has 0 N–H and O–H groups in total. The summed E-state index contributed by atoms with van der Waals surface area (Å²) in [5.41, 5.74) is 2.27. The van der Waals surface area contributed by atoms with Crippen molar-refractivity contribution in [1.82, 2.24) is 14.5 Å². The lowest BCUT2D eigenvalue weighted by molar-refractivity contribution is -0.132. The highest BCUT2D eigenvalue weighted by atomic mass is 32.1. The minimum atomic E-state index is 0.253. The van der Waals surface area contributed by atoms with Gasteiger partial charge in [-0.15, -0.1) is 11.3 Å². The van der Waals surface area contributed by atoms with Gasteiger partial charge in [0.25, 0.3) is 0 Å². The van der Waals surface area contributed by atoms with Gasteiger partial charge in [-0.1, -0.05) is 30.3 Å². The van der Waals surface area contributed by atoms with Crippen molar-refractivity contribution in [1.29, 1.82) is 0 Å². The Morgan fingerprint density at radius 1 is 1.11 bits per heavy atom. The summed E-state index contributed by atoms with van der Waals surface area (Å²) in [7, 11) is 0. The maximum absolute atomic E-state index is 12.9. The third-order valence-electron chi connectivity index (χ3n) is 5.68. The van der Waals surface area contributed by atoms with Gasteiger partial charge in [0.05, 0.1) is 15.2 Å². The summed E-state index contributed by atoms with van der Waals surface area (Å²) in [6, 6.07) is 18.7. The number of aromatic nitrogens is 2. The van der Waals surface area contributed by atoms with Gasteiger partial charge >= 0.3 is 0 Å². The molecule has 0 bridgehead atoms. The molecule has 3 heterocycles. The molecule has 4 aromatic rings. The van der Waals surface area contributed by atoms with Crippen molar-refractivity contribution in [2.75, 3.05) is 13.1 Å². The Morgan fingerprint density at radius 2 is 1.96 bits per heavy atom. The number of hydrogen-bond donors (Lipinski definition) is 0. The quantitative estimate of drug-likeness (QED) is 0.490. The summed E-state index contributed by atoms with van der Waals surface area (Å²) >= 11 is 1.78. The summed E-state index contributed by atoms with van der Waals surface area (Å²) in [4.78, 5) is 19.7. The van der Waals surface area contributed by atoms with Crippen molar-refractivity contribution < 1.29 is 4.79 Å². The van der Waals surface area contributed by atoms with E-state index in [0.717, 1.165) is 38.0 Å². The van der Waals surface area contributed by atoms with E-state index in [4.69, 9.17) is 4.98 Å². The van der Waals surface area contributed by atoms with Crippen molar-refractivity contribution in [2.45, 2.75) is 31.7 Å². The number of amides is 1. The Balaban J connectivity index is 1.26. The molecule has 2 aromatic heterocycles. The number of carbonyl (C=O) groups is 1. The molecule has 0 saturated carbocycles. The summed E-state index contributed by atoms with van der Waals surface area (Å²) in [5, 5.41) is 2.40. The Labute approximate surface area is 168 Å². The fourth-order valence-electron chi connectivity index (χ4n) is 4.18. The second-order valence-electron chi connectivity index (χ2n) is 7.52. The summed E-state index contributed by atoms with van der Waals surface area (Å²) in [5.74, 6) is 0.617. The molecule has 1 atom stereocenters. The van der Waals surface area contributed by atoms with E-state index < -0.39 is 0 Å². The summed E-state index contributed by atoms with van der Waals surface area (Å²) < 4.78 is 3.42. The molecule has 2 aromatic carbocycles. The predicted molar refractivity (Wildman–Crippen MR) is 115 cm³/mol. The molecule has 1 amide bonds. The van der Waals surface area contributed by atoms with Gasteiger partial charge in [0.15, 0.2) is 0 Å². The van der Waals surface area contributed by atoms with Crippen LogP contribution in [0.3, 0.4) is 0 Å². The fraction of sp³-hybridized carbons (Fsp3) is 0.304. The molecule has 1 saturated heterocycles. The zero-order chi connectivity index (χ0) is 18.9. The maximum Gasteiger partial charge on any atom is 0.224 e. The van der Waals surface area contributed by atoms with Gasteiger partial charge in [0.1, 0.15) is 0 Å². The van der Waals surface area contributed by atoms with Gasteiger partial charge in [0, 0.05) is 43.7 Å². The third-order valence-corrected chi connectivity index (χ3v) is 6.88. The average molecular weight is 390 g/mol. The van der Waals surface area contributed by atoms with Crippen LogP contribution in [0.1, 0.15) is 30.2 Å². The molecular formula is C23H23N3OS. The lowest BCUT2D eigenvalue weighted by Gasteiger charge is -2.32. The van der Waals surface area contributed by atoms with Crippen molar-refractivity contribution in [3.8, 4) is 0 Å². The van der Waals surface area contributed by atoms with E-state index in [2.05, 4.69) is 47.2 Å². The molecule has 0 spiro atoms. The lowest BCUT2D eigenvalue weighted by Crippen LogP contribution is -2.39. The summed E-state index contributed by atoms with van der Waals surface area (Å²) in [6.07, 6.45) is 4.80. The van der Waals surface area contributed by atoms with Crippen LogP contribution in [0.25, 0.3) is 21.1 Å². The predicted octanol–water partition coefficient (Wildman–Crippen LogP) is 5.05. The van der Waals surface area contributed by atoms with Gasteiger partial charge in [-0.05, 0) is 42.5 Å².